The predicted octanol–water partition coefficient (Wildman–Crippen LogP) is 0.905. The normalized spacial score (nSPS) is 16.8. The zero-order valence-electron chi connectivity index (χ0n) is 13.2. The largest absolute Gasteiger partial charge is 0.394 e. The van der Waals surface area contributed by atoms with Crippen LogP contribution in [0.25, 0.3) is 16.0 Å². The third-order valence-corrected chi connectivity index (χ3v) is 5.57. The van der Waals surface area contributed by atoms with E-state index in [9.17, 15) is 5.11 Å². The number of rotatable bonds is 4. The fourth-order valence-corrected chi connectivity index (χ4v) is 4.40. The lowest BCUT2D eigenvalue weighted by Gasteiger charge is -2.22. The minimum Gasteiger partial charge on any atom is -0.394 e. The Labute approximate surface area is 137 Å². The predicted molar refractivity (Wildman–Crippen MR) is 88.8 cm³/mol. The summed E-state index contributed by atoms with van der Waals surface area (Å²) in [6.45, 7) is 4.09. The summed E-state index contributed by atoms with van der Waals surface area (Å²) in [5, 5.41) is 25.8. The van der Waals surface area contributed by atoms with Gasteiger partial charge in [0, 0.05) is 18.0 Å². The van der Waals surface area contributed by atoms with Crippen molar-refractivity contribution in [1.82, 2.24) is 29.9 Å². The molecule has 1 unspecified atom stereocenters. The van der Waals surface area contributed by atoms with Gasteiger partial charge >= 0.3 is 0 Å². The summed E-state index contributed by atoms with van der Waals surface area (Å²) in [7, 11) is 2.14. The number of thiophene rings is 1. The fourth-order valence-electron chi connectivity index (χ4n) is 3.02. The monoisotopic (exact) mass is 333 g/mol. The number of nitrogens with one attached hydrogen (secondary N) is 1. The zero-order chi connectivity index (χ0) is 16.0. The van der Waals surface area contributed by atoms with Crippen LogP contribution in [0.4, 0.5) is 5.82 Å². The van der Waals surface area contributed by atoms with E-state index in [1.54, 1.807) is 15.9 Å². The Balaban J connectivity index is 1.95. The second kappa shape index (κ2) is 5.66. The number of aromatic nitrogens is 5. The molecule has 0 fully saturated rings. The van der Waals surface area contributed by atoms with Gasteiger partial charge in [-0.2, -0.15) is 9.50 Å². The first-order valence-electron chi connectivity index (χ1n) is 7.79. The Morgan fingerprint density at radius 1 is 1.43 bits per heavy atom. The minimum absolute atomic E-state index is 0.0224. The molecule has 1 atom stereocenters. The molecule has 4 rings (SSSR count). The summed E-state index contributed by atoms with van der Waals surface area (Å²) in [6, 6.07) is -0.0224. The summed E-state index contributed by atoms with van der Waals surface area (Å²) in [5.74, 6) is 1.27. The van der Waals surface area contributed by atoms with Crippen molar-refractivity contribution in [2.75, 3.05) is 25.5 Å². The van der Waals surface area contributed by atoms with Gasteiger partial charge in [-0.3, -0.25) is 0 Å². The molecule has 23 heavy (non-hydrogen) atoms. The van der Waals surface area contributed by atoms with Crippen molar-refractivity contribution in [1.29, 1.82) is 0 Å². The van der Waals surface area contributed by atoms with Crippen LogP contribution in [-0.2, 0) is 13.0 Å². The molecule has 0 radical (unpaired) electrons. The Morgan fingerprint density at radius 2 is 2.30 bits per heavy atom. The first-order valence-corrected chi connectivity index (χ1v) is 8.61. The van der Waals surface area contributed by atoms with E-state index in [0.29, 0.717) is 5.78 Å². The average Bonchev–Trinajstić information content (AvgIpc) is 3.15. The van der Waals surface area contributed by atoms with E-state index in [-0.39, 0.29) is 12.6 Å². The third kappa shape index (κ3) is 2.35. The van der Waals surface area contributed by atoms with Crippen molar-refractivity contribution in [2.24, 2.45) is 0 Å². The Bertz CT molecular complexity index is 854. The van der Waals surface area contributed by atoms with Crippen molar-refractivity contribution in [3.63, 3.8) is 0 Å². The van der Waals surface area contributed by atoms with E-state index in [0.717, 1.165) is 42.0 Å². The summed E-state index contributed by atoms with van der Waals surface area (Å²) >= 11 is 1.73. The van der Waals surface area contributed by atoms with E-state index < -0.39 is 0 Å². The molecule has 122 valence electrons. The molecular weight excluding hydrogens is 314 g/mol. The SMILES string of the molecule is CCC(CO)Nc1nc2nnnn2c2sc3c(c12)CCN(C)C3. The van der Waals surface area contributed by atoms with Gasteiger partial charge in [0.15, 0.2) is 0 Å². The van der Waals surface area contributed by atoms with Crippen LogP contribution >= 0.6 is 11.3 Å². The smallest absolute Gasteiger partial charge is 0.276 e. The van der Waals surface area contributed by atoms with Crippen molar-refractivity contribution >= 4 is 33.1 Å². The maximum Gasteiger partial charge on any atom is 0.276 e. The molecule has 0 amide bonds. The van der Waals surface area contributed by atoms with Gasteiger partial charge in [-0.15, -0.1) is 11.3 Å². The summed E-state index contributed by atoms with van der Waals surface area (Å²) in [6.07, 6.45) is 1.82. The molecule has 4 heterocycles. The summed E-state index contributed by atoms with van der Waals surface area (Å²) < 4.78 is 1.71. The number of tetrazole rings is 1. The second-order valence-corrected chi connectivity index (χ2v) is 7.04. The highest BCUT2D eigenvalue weighted by Gasteiger charge is 2.25. The standard InChI is InChI=1S/C14H19N7OS/c1-3-8(7-22)15-12-11-9-4-5-20(2)6-10(9)23-13(11)21-14(16-12)17-18-19-21/h8,22H,3-7H2,1-2H3,(H,15,16,17,19). The number of aliphatic hydroxyl groups excluding tert-OH is 1. The quantitative estimate of drug-likeness (QED) is 0.733. The first-order chi connectivity index (χ1) is 11.2. The van der Waals surface area contributed by atoms with Crippen molar-refractivity contribution in [3.8, 4) is 0 Å². The molecular formula is C14H19N7OS. The molecule has 0 bridgehead atoms. The van der Waals surface area contributed by atoms with Gasteiger partial charge in [0.05, 0.1) is 18.0 Å². The van der Waals surface area contributed by atoms with Crippen LogP contribution in [0.3, 0.4) is 0 Å². The molecule has 0 aromatic carbocycles. The molecule has 3 aromatic rings. The van der Waals surface area contributed by atoms with E-state index in [2.05, 4.69) is 37.8 Å². The number of hydrogen-bond acceptors (Lipinski definition) is 8. The fraction of sp³-hybridized carbons (Fsp3) is 0.571. The Morgan fingerprint density at radius 3 is 3.09 bits per heavy atom. The number of nitrogens with zero attached hydrogens (tertiary/aromatic N) is 6. The van der Waals surface area contributed by atoms with E-state index in [1.807, 2.05) is 6.92 Å². The van der Waals surface area contributed by atoms with Crippen LogP contribution < -0.4 is 5.32 Å². The molecule has 1 aliphatic rings. The number of likely N-dealkylation sites (N-methyl/N-ethyl adjacent to an activating group) is 1. The molecule has 8 nitrogen and oxygen atoms in total. The van der Waals surface area contributed by atoms with Crippen LogP contribution in [0, 0.1) is 0 Å². The van der Waals surface area contributed by atoms with E-state index >= 15 is 0 Å². The van der Waals surface area contributed by atoms with Gasteiger partial charge in [-0.05, 0) is 35.9 Å². The van der Waals surface area contributed by atoms with Crippen molar-refractivity contribution in [3.05, 3.63) is 10.4 Å². The molecule has 3 aromatic heterocycles. The number of anilines is 1. The molecule has 1 aliphatic heterocycles. The number of fused-ring (bicyclic) bond motifs is 5. The zero-order valence-corrected chi connectivity index (χ0v) is 14.0. The highest BCUT2D eigenvalue weighted by molar-refractivity contribution is 7.19. The molecule has 0 aliphatic carbocycles. The highest BCUT2D eigenvalue weighted by Crippen LogP contribution is 2.38. The number of hydrogen-bond donors (Lipinski definition) is 2. The van der Waals surface area contributed by atoms with Crippen molar-refractivity contribution < 1.29 is 5.11 Å². The molecule has 0 spiro atoms. The van der Waals surface area contributed by atoms with Gasteiger partial charge in [0.2, 0.25) is 0 Å². The van der Waals surface area contributed by atoms with Crippen LogP contribution in [0.2, 0.25) is 0 Å². The molecule has 0 saturated carbocycles. The summed E-state index contributed by atoms with van der Waals surface area (Å²) in [5.41, 5.74) is 1.34. The second-order valence-electron chi connectivity index (χ2n) is 5.95. The van der Waals surface area contributed by atoms with Gasteiger partial charge in [-0.25, -0.2) is 0 Å². The summed E-state index contributed by atoms with van der Waals surface area (Å²) in [4.78, 5) is 9.28. The maximum absolute atomic E-state index is 9.52. The molecule has 2 N–H and O–H groups in total. The first kappa shape index (κ1) is 14.7. The lowest BCUT2D eigenvalue weighted by atomic mass is 10.1. The lowest BCUT2D eigenvalue weighted by Crippen LogP contribution is -2.26. The topological polar surface area (TPSA) is 91.5 Å². The average molecular weight is 333 g/mol. The van der Waals surface area contributed by atoms with E-state index in [4.69, 9.17) is 0 Å². The molecule has 0 saturated heterocycles. The van der Waals surface area contributed by atoms with Gasteiger partial charge in [0.1, 0.15) is 10.6 Å². The lowest BCUT2D eigenvalue weighted by molar-refractivity contribution is 0.271. The third-order valence-electron chi connectivity index (χ3n) is 4.38. The Kier molecular flexibility index (Phi) is 3.63. The highest BCUT2D eigenvalue weighted by atomic mass is 32.1. The maximum atomic E-state index is 9.52. The molecule has 9 heteroatoms. The van der Waals surface area contributed by atoms with Crippen LogP contribution in [0.5, 0.6) is 0 Å². The van der Waals surface area contributed by atoms with E-state index in [1.165, 1.54) is 10.4 Å². The minimum atomic E-state index is -0.0224. The Hall–Kier alpha value is -1.84. The number of aliphatic hydroxyl groups is 1. The van der Waals surface area contributed by atoms with Crippen LogP contribution in [-0.4, -0.2) is 61.3 Å². The van der Waals surface area contributed by atoms with Gasteiger partial charge < -0.3 is 15.3 Å². The van der Waals surface area contributed by atoms with Crippen LogP contribution in [0.1, 0.15) is 23.8 Å². The van der Waals surface area contributed by atoms with Gasteiger partial charge in [0.25, 0.3) is 5.78 Å². The van der Waals surface area contributed by atoms with Crippen LogP contribution in [0.15, 0.2) is 0 Å². The van der Waals surface area contributed by atoms with Gasteiger partial charge in [-0.1, -0.05) is 12.0 Å². The van der Waals surface area contributed by atoms with Crippen molar-refractivity contribution in [2.45, 2.75) is 32.4 Å².